The van der Waals surface area contributed by atoms with Crippen molar-refractivity contribution in [3.63, 3.8) is 0 Å². The molecule has 1 aliphatic heterocycles. The van der Waals surface area contributed by atoms with Gasteiger partial charge in [0.2, 0.25) is 0 Å². The van der Waals surface area contributed by atoms with Crippen LogP contribution in [0.15, 0.2) is 24.3 Å². The van der Waals surface area contributed by atoms with Gasteiger partial charge in [-0.1, -0.05) is 6.07 Å². The van der Waals surface area contributed by atoms with Gasteiger partial charge in [-0.05, 0) is 32.0 Å². The summed E-state index contributed by atoms with van der Waals surface area (Å²) in [6.07, 6.45) is 0. The fourth-order valence-electron chi connectivity index (χ4n) is 2.13. The number of rotatable bonds is 1. The fourth-order valence-corrected chi connectivity index (χ4v) is 2.13. The SMILES string of the molecule is CC1NCCN(C(=O)c2cccc(F)c2)C1C. The van der Waals surface area contributed by atoms with Gasteiger partial charge in [-0.25, -0.2) is 4.39 Å². The second-order valence-corrected chi connectivity index (χ2v) is 4.49. The molecule has 1 aromatic carbocycles. The number of carbonyl (C=O) groups excluding carboxylic acids is 1. The molecule has 3 nitrogen and oxygen atoms in total. The van der Waals surface area contributed by atoms with Gasteiger partial charge in [0.05, 0.1) is 0 Å². The maximum atomic E-state index is 13.1. The van der Waals surface area contributed by atoms with E-state index in [4.69, 9.17) is 0 Å². The Balaban J connectivity index is 2.19. The number of nitrogens with one attached hydrogen (secondary N) is 1. The molecule has 1 aliphatic rings. The Morgan fingerprint density at radius 3 is 2.94 bits per heavy atom. The minimum absolute atomic E-state index is 0.0923. The molecule has 2 unspecified atom stereocenters. The Morgan fingerprint density at radius 2 is 2.24 bits per heavy atom. The van der Waals surface area contributed by atoms with Crippen LogP contribution in [-0.4, -0.2) is 36.0 Å². The van der Waals surface area contributed by atoms with Gasteiger partial charge < -0.3 is 10.2 Å². The summed E-state index contributed by atoms with van der Waals surface area (Å²) in [5.74, 6) is -0.461. The second kappa shape index (κ2) is 4.84. The van der Waals surface area contributed by atoms with Crippen LogP contribution in [0.5, 0.6) is 0 Å². The third kappa shape index (κ3) is 2.47. The molecule has 1 heterocycles. The Labute approximate surface area is 101 Å². The molecule has 0 saturated carbocycles. The molecule has 1 saturated heterocycles. The Morgan fingerprint density at radius 1 is 1.47 bits per heavy atom. The van der Waals surface area contributed by atoms with E-state index in [0.717, 1.165) is 6.54 Å². The van der Waals surface area contributed by atoms with E-state index in [0.29, 0.717) is 12.1 Å². The standard InChI is InChI=1S/C13H17FN2O/c1-9-10(2)16(7-6-15-9)13(17)11-4-3-5-12(14)8-11/h3-5,8-10,15H,6-7H2,1-2H3. The van der Waals surface area contributed by atoms with Gasteiger partial charge in [0.1, 0.15) is 5.82 Å². The van der Waals surface area contributed by atoms with E-state index in [-0.39, 0.29) is 23.8 Å². The lowest BCUT2D eigenvalue weighted by Gasteiger charge is -2.38. The number of hydrogen-bond donors (Lipinski definition) is 1. The number of carbonyl (C=O) groups is 1. The zero-order valence-corrected chi connectivity index (χ0v) is 10.1. The highest BCUT2D eigenvalue weighted by Crippen LogP contribution is 2.14. The first-order valence-electron chi connectivity index (χ1n) is 5.89. The number of piperazine rings is 1. The smallest absolute Gasteiger partial charge is 0.254 e. The van der Waals surface area contributed by atoms with Crippen molar-refractivity contribution in [1.82, 2.24) is 10.2 Å². The van der Waals surface area contributed by atoms with Crippen molar-refractivity contribution >= 4 is 5.91 Å². The van der Waals surface area contributed by atoms with E-state index in [9.17, 15) is 9.18 Å². The van der Waals surface area contributed by atoms with E-state index in [1.807, 2.05) is 6.92 Å². The normalized spacial score (nSPS) is 24.8. The molecular formula is C13H17FN2O. The quantitative estimate of drug-likeness (QED) is 0.804. The Bertz CT molecular complexity index is 422. The number of amides is 1. The highest BCUT2D eigenvalue weighted by atomic mass is 19.1. The van der Waals surface area contributed by atoms with Crippen molar-refractivity contribution in [3.05, 3.63) is 35.6 Å². The van der Waals surface area contributed by atoms with Crippen molar-refractivity contribution in [3.8, 4) is 0 Å². The van der Waals surface area contributed by atoms with E-state index < -0.39 is 0 Å². The maximum absolute atomic E-state index is 13.1. The summed E-state index contributed by atoms with van der Waals surface area (Å²) in [7, 11) is 0. The maximum Gasteiger partial charge on any atom is 0.254 e. The lowest BCUT2D eigenvalue weighted by molar-refractivity contribution is 0.0602. The third-order valence-electron chi connectivity index (χ3n) is 3.37. The van der Waals surface area contributed by atoms with Crippen LogP contribution < -0.4 is 5.32 Å². The lowest BCUT2D eigenvalue weighted by atomic mass is 10.1. The fraction of sp³-hybridized carbons (Fsp3) is 0.462. The molecule has 92 valence electrons. The molecule has 0 spiro atoms. The first kappa shape index (κ1) is 12.0. The first-order valence-corrected chi connectivity index (χ1v) is 5.89. The Kier molecular flexibility index (Phi) is 3.43. The van der Waals surface area contributed by atoms with Crippen LogP contribution in [0.2, 0.25) is 0 Å². The van der Waals surface area contributed by atoms with Crippen molar-refractivity contribution in [1.29, 1.82) is 0 Å². The van der Waals surface area contributed by atoms with Crippen molar-refractivity contribution in [2.75, 3.05) is 13.1 Å². The molecule has 2 atom stereocenters. The average molecular weight is 236 g/mol. The molecule has 1 N–H and O–H groups in total. The van der Waals surface area contributed by atoms with Gasteiger partial charge in [-0.3, -0.25) is 4.79 Å². The highest BCUT2D eigenvalue weighted by molar-refractivity contribution is 5.94. The van der Waals surface area contributed by atoms with Crippen LogP contribution >= 0.6 is 0 Å². The molecule has 1 amide bonds. The van der Waals surface area contributed by atoms with Crippen LogP contribution in [0.1, 0.15) is 24.2 Å². The van der Waals surface area contributed by atoms with Crippen LogP contribution in [0.25, 0.3) is 0 Å². The van der Waals surface area contributed by atoms with Gasteiger partial charge in [0.25, 0.3) is 5.91 Å². The average Bonchev–Trinajstić information content (AvgIpc) is 2.32. The molecule has 0 aromatic heterocycles. The van der Waals surface area contributed by atoms with Gasteiger partial charge in [-0.2, -0.15) is 0 Å². The van der Waals surface area contributed by atoms with Gasteiger partial charge >= 0.3 is 0 Å². The molecule has 17 heavy (non-hydrogen) atoms. The van der Waals surface area contributed by atoms with Crippen molar-refractivity contribution in [2.45, 2.75) is 25.9 Å². The largest absolute Gasteiger partial charge is 0.333 e. The monoisotopic (exact) mass is 236 g/mol. The predicted molar refractivity (Wildman–Crippen MR) is 64.4 cm³/mol. The third-order valence-corrected chi connectivity index (χ3v) is 3.37. The number of nitrogens with zero attached hydrogens (tertiary/aromatic N) is 1. The summed E-state index contributed by atoms with van der Waals surface area (Å²) in [5.41, 5.74) is 0.422. The first-order chi connectivity index (χ1) is 8.09. The summed E-state index contributed by atoms with van der Waals surface area (Å²) in [6, 6.07) is 6.26. The minimum Gasteiger partial charge on any atom is -0.333 e. The lowest BCUT2D eigenvalue weighted by Crippen LogP contribution is -2.57. The van der Waals surface area contributed by atoms with Gasteiger partial charge in [0.15, 0.2) is 0 Å². The van der Waals surface area contributed by atoms with Gasteiger partial charge in [-0.15, -0.1) is 0 Å². The summed E-state index contributed by atoms with van der Waals surface area (Å²) in [4.78, 5) is 14.0. The van der Waals surface area contributed by atoms with Crippen molar-refractivity contribution in [2.24, 2.45) is 0 Å². The topological polar surface area (TPSA) is 32.3 Å². The van der Waals surface area contributed by atoms with Gasteiger partial charge in [0, 0.05) is 30.7 Å². The molecule has 0 aliphatic carbocycles. The molecule has 0 bridgehead atoms. The van der Waals surface area contributed by atoms with Crippen LogP contribution in [0.3, 0.4) is 0 Å². The molecule has 1 fully saturated rings. The van der Waals surface area contributed by atoms with E-state index in [1.54, 1.807) is 17.0 Å². The molecular weight excluding hydrogens is 219 g/mol. The summed E-state index contributed by atoms with van der Waals surface area (Å²) >= 11 is 0. The number of hydrogen-bond acceptors (Lipinski definition) is 2. The zero-order valence-electron chi connectivity index (χ0n) is 10.1. The molecule has 0 radical (unpaired) electrons. The number of benzene rings is 1. The zero-order chi connectivity index (χ0) is 12.4. The van der Waals surface area contributed by atoms with Crippen LogP contribution in [0.4, 0.5) is 4.39 Å². The van der Waals surface area contributed by atoms with E-state index in [2.05, 4.69) is 12.2 Å². The molecule has 4 heteroatoms. The molecule has 2 rings (SSSR count). The van der Waals surface area contributed by atoms with Crippen molar-refractivity contribution < 1.29 is 9.18 Å². The minimum atomic E-state index is -0.369. The van der Waals surface area contributed by atoms with Crippen LogP contribution in [-0.2, 0) is 0 Å². The van der Waals surface area contributed by atoms with Crippen LogP contribution in [0, 0.1) is 5.82 Å². The van der Waals surface area contributed by atoms with E-state index in [1.165, 1.54) is 12.1 Å². The summed E-state index contributed by atoms with van der Waals surface area (Å²) < 4.78 is 13.1. The number of halogens is 1. The summed E-state index contributed by atoms with van der Waals surface area (Å²) in [5, 5.41) is 3.31. The summed E-state index contributed by atoms with van der Waals surface area (Å²) in [6.45, 7) is 5.51. The molecule has 1 aromatic rings. The second-order valence-electron chi connectivity index (χ2n) is 4.49. The predicted octanol–water partition coefficient (Wildman–Crippen LogP) is 1.65. The van der Waals surface area contributed by atoms with E-state index >= 15 is 0 Å². The highest BCUT2D eigenvalue weighted by Gasteiger charge is 2.28. The Hall–Kier alpha value is -1.42.